The molecule has 1 aliphatic heterocycles. The normalized spacial score (nSPS) is 17.7. The summed E-state index contributed by atoms with van der Waals surface area (Å²) in [5.74, 6) is -0.659. The number of amides is 2. The van der Waals surface area contributed by atoms with E-state index in [1.54, 1.807) is 58.9 Å². The second-order valence-electron chi connectivity index (χ2n) is 9.44. The molecule has 0 aliphatic carbocycles. The zero-order valence-electron chi connectivity index (χ0n) is 19.9. The molecule has 1 aromatic carbocycles. The van der Waals surface area contributed by atoms with Gasteiger partial charge in [0.05, 0.1) is 12.2 Å². The van der Waals surface area contributed by atoms with Crippen LogP contribution in [0.25, 0.3) is 0 Å². The maximum absolute atomic E-state index is 13.3. The second kappa shape index (κ2) is 9.08. The fourth-order valence-electron chi connectivity index (χ4n) is 3.58. The monoisotopic (exact) mass is 492 g/mol. The number of halogens is 1. The van der Waals surface area contributed by atoms with Crippen LogP contribution in [0.15, 0.2) is 24.3 Å². The Kier molecular flexibility index (Phi) is 6.94. The number of nitrogens with zero attached hydrogens (tertiary/aromatic N) is 1. The Morgan fingerprint density at radius 1 is 1.18 bits per heavy atom. The topological polar surface area (TPSA) is 84.9 Å². The molecule has 2 aromatic rings. The van der Waals surface area contributed by atoms with Crippen molar-refractivity contribution >= 4 is 45.7 Å². The van der Waals surface area contributed by atoms with Crippen LogP contribution in [-0.2, 0) is 14.3 Å². The van der Waals surface area contributed by atoms with Gasteiger partial charge in [-0.05, 0) is 78.3 Å². The molecular formula is C24H29ClN2O5S. The maximum Gasteiger partial charge on any atom is 0.413 e. The Bertz CT molecular complexity index is 1090. The molecule has 0 unspecified atom stereocenters. The van der Waals surface area contributed by atoms with E-state index in [0.717, 1.165) is 10.4 Å². The maximum atomic E-state index is 13.3. The smallest absolute Gasteiger partial charge is 0.413 e. The van der Waals surface area contributed by atoms with E-state index in [1.807, 2.05) is 13.8 Å². The number of carbonyl (C=O) groups is 3. The minimum Gasteiger partial charge on any atom is -0.444 e. The van der Waals surface area contributed by atoms with E-state index in [4.69, 9.17) is 21.1 Å². The number of ether oxygens (including phenoxy) is 2. The molecule has 9 heteroatoms. The highest BCUT2D eigenvalue weighted by atomic mass is 35.5. The molecule has 1 aromatic heterocycles. The minimum atomic E-state index is -1.02. The van der Waals surface area contributed by atoms with E-state index in [9.17, 15) is 14.4 Å². The van der Waals surface area contributed by atoms with Crippen molar-refractivity contribution in [2.24, 2.45) is 0 Å². The first kappa shape index (κ1) is 25.2. The van der Waals surface area contributed by atoms with Gasteiger partial charge in [0, 0.05) is 15.5 Å². The van der Waals surface area contributed by atoms with Crippen LogP contribution in [0.2, 0.25) is 5.02 Å². The minimum absolute atomic E-state index is 0.0158. The number of ketones is 1. The Morgan fingerprint density at radius 3 is 2.36 bits per heavy atom. The summed E-state index contributed by atoms with van der Waals surface area (Å²) in [7, 11) is 0. The van der Waals surface area contributed by atoms with Gasteiger partial charge in [-0.25, -0.2) is 4.79 Å². The number of benzene rings is 1. The molecule has 1 atom stereocenters. The third-order valence-corrected chi connectivity index (χ3v) is 6.71. The SMILES string of the molecule is Cc1sc(NC(=O)[C@@H]2COC(C)(C)N2C(=O)OC(C)(C)C)c(C(=O)c2ccc(Cl)cc2)c1C. The predicted octanol–water partition coefficient (Wildman–Crippen LogP) is 5.56. The van der Waals surface area contributed by atoms with Gasteiger partial charge in [-0.1, -0.05) is 11.6 Å². The van der Waals surface area contributed by atoms with Gasteiger partial charge in [0.25, 0.3) is 0 Å². The molecule has 0 bridgehead atoms. The van der Waals surface area contributed by atoms with Crippen LogP contribution in [0.1, 0.15) is 61.0 Å². The van der Waals surface area contributed by atoms with Crippen molar-refractivity contribution in [2.75, 3.05) is 11.9 Å². The van der Waals surface area contributed by atoms with Crippen molar-refractivity contribution in [1.82, 2.24) is 4.90 Å². The molecule has 7 nitrogen and oxygen atoms in total. The van der Waals surface area contributed by atoms with Crippen LogP contribution in [0.3, 0.4) is 0 Å². The van der Waals surface area contributed by atoms with Crippen LogP contribution < -0.4 is 5.32 Å². The molecule has 3 rings (SSSR count). The number of aryl methyl sites for hydroxylation is 1. The van der Waals surface area contributed by atoms with Crippen molar-refractivity contribution in [2.45, 2.75) is 65.8 Å². The van der Waals surface area contributed by atoms with Crippen LogP contribution in [0.4, 0.5) is 9.80 Å². The standard InChI is InChI=1S/C24H29ClN2O5S/c1-13-14(2)33-21(18(13)19(28)15-8-10-16(25)11-9-15)26-20(29)17-12-31-24(6,7)27(17)22(30)32-23(3,4)5/h8-11,17H,12H2,1-7H3,(H,26,29)/t17-/m0/s1. The van der Waals surface area contributed by atoms with Gasteiger partial charge in [-0.3, -0.25) is 14.5 Å². The molecule has 0 spiro atoms. The number of thiophene rings is 1. The summed E-state index contributed by atoms with van der Waals surface area (Å²) in [6, 6.07) is 5.70. The number of anilines is 1. The van der Waals surface area contributed by atoms with Crippen molar-refractivity contribution in [3.63, 3.8) is 0 Å². The highest BCUT2D eigenvalue weighted by Crippen LogP contribution is 2.36. The molecule has 2 heterocycles. The van der Waals surface area contributed by atoms with Gasteiger partial charge in [-0.2, -0.15) is 0 Å². The van der Waals surface area contributed by atoms with Crippen LogP contribution >= 0.6 is 22.9 Å². The van der Waals surface area contributed by atoms with E-state index >= 15 is 0 Å². The zero-order valence-corrected chi connectivity index (χ0v) is 21.4. The molecule has 1 saturated heterocycles. The third kappa shape index (κ3) is 5.39. The highest BCUT2D eigenvalue weighted by Gasteiger charge is 2.49. The Morgan fingerprint density at radius 2 is 1.79 bits per heavy atom. The number of rotatable bonds is 4. The number of hydrogen-bond donors (Lipinski definition) is 1. The molecule has 33 heavy (non-hydrogen) atoms. The molecule has 0 radical (unpaired) electrons. The summed E-state index contributed by atoms with van der Waals surface area (Å²) < 4.78 is 11.2. The molecule has 1 fully saturated rings. The lowest BCUT2D eigenvalue weighted by Crippen LogP contribution is -2.53. The van der Waals surface area contributed by atoms with E-state index in [1.165, 1.54) is 16.2 Å². The first-order valence-electron chi connectivity index (χ1n) is 10.6. The van der Waals surface area contributed by atoms with Crippen molar-refractivity contribution in [3.8, 4) is 0 Å². The van der Waals surface area contributed by atoms with Crippen molar-refractivity contribution in [1.29, 1.82) is 0 Å². The number of hydrogen-bond acceptors (Lipinski definition) is 6. The van der Waals surface area contributed by atoms with Gasteiger partial charge >= 0.3 is 6.09 Å². The Hall–Kier alpha value is -2.42. The zero-order chi connectivity index (χ0) is 24.7. The fourth-order valence-corrected chi connectivity index (χ4v) is 4.77. The molecule has 178 valence electrons. The molecular weight excluding hydrogens is 464 g/mol. The van der Waals surface area contributed by atoms with E-state index in [0.29, 0.717) is 21.2 Å². The Labute approximate surface area is 203 Å². The summed E-state index contributed by atoms with van der Waals surface area (Å²) in [6.45, 7) is 12.4. The van der Waals surface area contributed by atoms with Gasteiger partial charge in [-0.15, -0.1) is 11.3 Å². The van der Waals surface area contributed by atoms with Gasteiger partial charge in [0.1, 0.15) is 22.4 Å². The number of nitrogens with one attached hydrogen (secondary N) is 1. The van der Waals surface area contributed by atoms with Gasteiger partial charge < -0.3 is 14.8 Å². The molecule has 1 N–H and O–H groups in total. The van der Waals surface area contributed by atoms with Crippen LogP contribution in [0, 0.1) is 13.8 Å². The lowest BCUT2D eigenvalue weighted by Gasteiger charge is -2.34. The largest absolute Gasteiger partial charge is 0.444 e. The number of carbonyl (C=O) groups excluding carboxylic acids is 3. The lowest BCUT2D eigenvalue weighted by atomic mass is 10.0. The van der Waals surface area contributed by atoms with E-state index in [-0.39, 0.29) is 12.4 Å². The quantitative estimate of drug-likeness (QED) is 0.565. The van der Waals surface area contributed by atoms with Crippen molar-refractivity contribution < 1.29 is 23.9 Å². The summed E-state index contributed by atoms with van der Waals surface area (Å²) >= 11 is 7.27. The first-order valence-corrected chi connectivity index (χ1v) is 11.8. The fraction of sp³-hybridized carbons (Fsp3) is 0.458. The van der Waals surface area contributed by atoms with Crippen LogP contribution in [-0.4, -0.2) is 46.7 Å². The van der Waals surface area contributed by atoms with E-state index < -0.39 is 29.4 Å². The molecule has 2 amide bonds. The average molecular weight is 493 g/mol. The van der Waals surface area contributed by atoms with Crippen LogP contribution in [0.5, 0.6) is 0 Å². The lowest BCUT2D eigenvalue weighted by molar-refractivity contribution is -0.121. The summed E-state index contributed by atoms with van der Waals surface area (Å²) in [5, 5.41) is 3.83. The molecule has 1 aliphatic rings. The van der Waals surface area contributed by atoms with Gasteiger partial charge in [0.15, 0.2) is 5.78 Å². The summed E-state index contributed by atoms with van der Waals surface area (Å²) in [6.07, 6.45) is -0.638. The Balaban J connectivity index is 1.89. The van der Waals surface area contributed by atoms with E-state index in [2.05, 4.69) is 5.32 Å². The average Bonchev–Trinajstić information content (AvgIpc) is 3.15. The predicted molar refractivity (Wildman–Crippen MR) is 129 cm³/mol. The third-order valence-electron chi connectivity index (χ3n) is 5.33. The highest BCUT2D eigenvalue weighted by molar-refractivity contribution is 7.16. The van der Waals surface area contributed by atoms with Crippen molar-refractivity contribution in [3.05, 3.63) is 50.9 Å². The van der Waals surface area contributed by atoms with Gasteiger partial charge in [0.2, 0.25) is 5.91 Å². The molecule has 0 saturated carbocycles. The first-order chi connectivity index (χ1) is 15.2. The second-order valence-corrected chi connectivity index (χ2v) is 11.1. The summed E-state index contributed by atoms with van der Waals surface area (Å²) in [4.78, 5) is 41.6. The summed E-state index contributed by atoms with van der Waals surface area (Å²) in [5.41, 5.74) is -0.0567.